The van der Waals surface area contributed by atoms with E-state index in [1.54, 1.807) is 18.3 Å². The van der Waals surface area contributed by atoms with E-state index in [0.29, 0.717) is 0 Å². The van der Waals surface area contributed by atoms with E-state index in [1.807, 2.05) is 33.8 Å². The Hall–Kier alpha value is -2.59. The number of hydrogen-bond acceptors (Lipinski definition) is 4. The second-order valence-corrected chi connectivity index (χ2v) is 9.28. The van der Waals surface area contributed by atoms with Crippen LogP contribution in [-0.2, 0) is 11.2 Å². The van der Waals surface area contributed by atoms with Crippen LogP contribution in [-0.4, -0.2) is 16.6 Å². The molecule has 2 aromatic rings. The summed E-state index contributed by atoms with van der Waals surface area (Å²) < 4.78 is 30.3. The van der Waals surface area contributed by atoms with Crippen molar-refractivity contribution in [1.29, 1.82) is 0 Å². The zero-order valence-corrected chi connectivity index (χ0v) is 26.7. The molecule has 0 aliphatic heterocycles. The van der Waals surface area contributed by atoms with E-state index in [-0.39, 0.29) is 17.5 Å². The summed E-state index contributed by atoms with van der Waals surface area (Å²) in [5.41, 5.74) is 4.36. The zero-order valence-electron chi connectivity index (χ0n) is 25.5. The summed E-state index contributed by atoms with van der Waals surface area (Å²) in [6, 6.07) is 8.45. The van der Waals surface area contributed by atoms with Crippen molar-refractivity contribution < 1.29 is 18.3 Å². The smallest absolute Gasteiger partial charge is 0.408 e. The predicted octanol–water partition coefficient (Wildman–Crippen LogP) is 10.6. The molecule has 0 saturated carbocycles. The van der Waals surface area contributed by atoms with Crippen LogP contribution in [0.15, 0.2) is 55.3 Å². The largest absolute Gasteiger partial charge is 0.430 e. The standard InChI is InChI=1S/C20H25F2N2OP.C6H10O.C4H10.C2H6/c1-4-7-14(5-2)18-15(6-3)12-13-23-19(18)24-16-8-10-17(11-9-16)25-20(21,22)26;1-4-6(7)5(2)3;1-3-4-2;1-2/h7-13H,4-6,26H2,1-3H3,(H,23,24);4-5H,1H2,2-3H3;3-4H2,1-2H3;1-2H3/b14-7+;;;. The first kappa shape index (κ1) is 38.6. The van der Waals surface area contributed by atoms with Crippen molar-refractivity contribution >= 4 is 32.1 Å². The first-order valence-corrected chi connectivity index (χ1v) is 14.6. The molecule has 39 heavy (non-hydrogen) atoms. The summed E-state index contributed by atoms with van der Waals surface area (Å²) in [7, 11) is 1.36. The lowest BCUT2D eigenvalue weighted by Crippen LogP contribution is -2.14. The van der Waals surface area contributed by atoms with Gasteiger partial charge in [-0.25, -0.2) is 4.98 Å². The Morgan fingerprint density at radius 3 is 2.00 bits per heavy atom. The average molecular weight is 565 g/mol. The molecule has 0 saturated heterocycles. The molecular formula is C32H51F2N2O2P. The molecule has 0 bridgehead atoms. The Kier molecular flexibility index (Phi) is 22.0. The highest BCUT2D eigenvalue weighted by molar-refractivity contribution is 7.17. The molecule has 1 N–H and O–H groups in total. The molecule has 7 heteroatoms. The molecule has 1 heterocycles. The normalized spacial score (nSPS) is 10.6. The Bertz CT molecular complexity index is 967. The summed E-state index contributed by atoms with van der Waals surface area (Å²) in [6.07, 6.45) is 10.8. The monoisotopic (exact) mass is 564 g/mol. The van der Waals surface area contributed by atoms with E-state index in [9.17, 15) is 13.6 Å². The molecule has 1 aromatic heterocycles. The van der Waals surface area contributed by atoms with Crippen molar-refractivity contribution in [3.63, 3.8) is 0 Å². The third-order valence-corrected chi connectivity index (χ3v) is 5.33. The number of aromatic nitrogens is 1. The fraction of sp³-hybridized carbons (Fsp3) is 0.500. The van der Waals surface area contributed by atoms with E-state index >= 15 is 0 Å². The highest BCUT2D eigenvalue weighted by Crippen LogP contribution is 2.32. The molecule has 0 aliphatic carbocycles. The van der Waals surface area contributed by atoms with Crippen LogP contribution in [0, 0.1) is 5.92 Å². The van der Waals surface area contributed by atoms with Crippen molar-refractivity contribution in [1.82, 2.24) is 4.98 Å². The number of benzene rings is 1. The predicted molar refractivity (Wildman–Crippen MR) is 169 cm³/mol. The third kappa shape index (κ3) is 16.9. The summed E-state index contributed by atoms with van der Waals surface area (Å²) in [5, 5.41) is 3.31. The van der Waals surface area contributed by atoms with Crippen molar-refractivity contribution in [2.75, 3.05) is 5.32 Å². The quantitative estimate of drug-likeness (QED) is 0.218. The summed E-state index contributed by atoms with van der Waals surface area (Å²) in [5.74, 6) is -2.18. The number of unbranched alkanes of at least 4 members (excludes halogenated alkanes) is 1. The van der Waals surface area contributed by atoms with E-state index in [2.05, 4.69) is 62.3 Å². The zero-order chi connectivity index (χ0) is 30.4. The minimum absolute atomic E-state index is 0.103. The second kappa shape index (κ2) is 22.2. The lowest BCUT2D eigenvalue weighted by atomic mass is 9.96. The number of nitrogens with zero attached hydrogens (tertiary/aromatic N) is 1. The minimum atomic E-state index is -3.28. The van der Waals surface area contributed by atoms with Crippen LogP contribution in [0.5, 0.6) is 5.75 Å². The number of halogens is 2. The fourth-order valence-electron chi connectivity index (χ4n) is 3.05. The van der Waals surface area contributed by atoms with Crippen LogP contribution in [0.3, 0.4) is 0 Å². The first-order valence-electron chi connectivity index (χ1n) is 14.0. The van der Waals surface area contributed by atoms with Crippen LogP contribution in [0.1, 0.15) is 99.1 Å². The van der Waals surface area contributed by atoms with Gasteiger partial charge in [0.15, 0.2) is 5.78 Å². The van der Waals surface area contributed by atoms with Crippen LogP contribution in [0.2, 0.25) is 0 Å². The number of ketones is 1. The Balaban J connectivity index is 0. The number of hydrogen-bond donors (Lipinski definition) is 1. The first-order chi connectivity index (χ1) is 18.5. The molecule has 0 fully saturated rings. The Morgan fingerprint density at radius 2 is 1.64 bits per heavy atom. The topological polar surface area (TPSA) is 51.2 Å². The maximum Gasteiger partial charge on any atom is 0.408 e. The van der Waals surface area contributed by atoms with Gasteiger partial charge in [-0.05, 0) is 76.0 Å². The number of anilines is 2. The lowest BCUT2D eigenvalue weighted by Gasteiger charge is -2.17. The number of allylic oxidation sites excluding steroid dienone is 3. The van der Waals surface area contributed by atoms with Gasteiger partial charge in [-0.2, -0.15) is 8.78 Å². The number of carbonyl (C=O) groups is 1. The van der Waals surface area contributed by atoms with Crippen LogP contribution in [0.25, 0.3) is 5.57 Å². The molecule has 1 atom stereocenters. The summed E-state index contributed by atoms with van der Waals surface area (Å²) >= 11 is 0. The number of aryl methyl sites for hydroxylation is 1. The molecule has 4 nitrogen and oxygen atoms in total. The molecule has 1 aromatic carbocycles. The molecule has 0 radical (unpaired) electrons. The lowest BCUT2D eigenvalue weighted by molar-refractivity contribution is -0.117. The van der Waals surface area contributed by atoms with Gasteiger partial charge in [-0.15, -0.1) is 0 Å². The number of ether oxygens (including phenoxy) is 1. The maximum absolute atomic E-state index is 12.9. The van der Waals surface area contributed by atoms with Gasteiger partial charge in [0, 0.05) is 23.4 Å². The second-order valence-electron chi connectivity index (χ2n) is 8.61. The van der Waals surface area contributed by atoms with Gasteiger partial charge in [0.25, 0.3) is 0 Å². The summed E-state index contributed by atoms with van der Waals surface area (Å²) in [4.78, 5) is 14.9. The van der Waals surface area contributed by atoms with E-state index in [0.717, 1.165) is 36.3 Å². The minimum Gasteiger partial charge on any atom is -0.430 e. The van der Waals surface area contributed by atoms with Gasteiger partial charge < -0.3 is 10.1 Å². The SMILES string of the molecule is C=CC(=O)C(C)C.CC.CC/C=C(\CC)c1c(CC)ccnc1Nc1ccc(OC(F)(F)P)cc1.CCCC. The Labute approximate surface area is 238 Å². The van der Waals surface area contributed by atoms with Crippen molar-refractivity contribution in [2.45, 2.75) is 100 Å². The van der Waals surface area contributed by atoms with E-state index in [4.69, 9.17) is 0 Å². The van der Waals surface area contributed by atoms with Crippen molar-refractivity contribution in [3.8, 4) is 5.75 Å². The molecule has 0 spiro atoms. The van der Waals surface area contributed by atoms with Gasteiger partial charge in [0.1, 0.15) is 11.6 Å². The highest BCUT2D eigenvalue weighted by Gasteiger charge is 2.23. The Morgan fingerprint density at radius 1 is 1.08 bits per heavy atom. The molecule has 220 valence electrons. The molecule has 0 amide bonds. The van der Waals surface area contributed by atoms with Gasteiger partial charge >= 0.3 is 5.85 Å². The number of nitrogens with one attached hydrogen (secondary N) is 1. The third-order valence-electron chi connectivity index (χ3n) is 5.21. The number of rotatable bonds is 11. The van der Waals surface area contributed by atoms with Crippen molar-refractivity contribution in [3.05, 3.63) is 66.4 Å². The fourth-order valence-corrected chi connectivity index (χ4v) is 3.19. The van der Waals surface area contributed by atoms with Crippen LogP contribution < -0.4 is 10.1 Å². The van der Waals surface area contributed by atoms with Gasteiger partial charge in [0.2, 0.25) is 0 Å². The van der Waals surface area contributed by atoms with E-state index < -0.39 is 5.85 Å². The van der Waals surface area contributed by atoms with Crippen LogP contribution >= 0.6 is 9.24 Å². The molecule has 0 aliphatic rings. The molecule has 2 rings (SSSR count). The molecule has 1 unspecified atom stereocenters. The summed E-state index contributed by atoms with van der Waals surface area (Å²) in [6.45, 7) is 21.8. The maximum atomic E-state index is 12.9. The number of alkyl halides is 2. The van der Waals surface area contributed by atoms with Gasteiger partial charge in [-0.3, -0.25) is 4.79 Å². The van der Waals surface area contributed by atoms with E-state index in [1.165, 1.54) is 51.4 Å². The number of carbonyl (C=O) groups excluding carboxylic acids is 1. The highest BCUT2D eigenvalue weighted by atomic mass is 31.0. The average Bonchev–Trinajstić information content (AvgIpc) is 2.93. The number of pyridine rings is 1. The van der Waals surface area contributed by atoms with Crippen molar-refractivity contribution in [2.24, 2.45) is 5.92 Å². The van der Waals surface area contributed by atoms with Gasteiger partial charge in [-0.1, -0.05) is 87.8 Å². The molecular weight excluding hydrogens is 513 g/mol. The van der Waals surface area contributed by atoms with Crippen LogP contribution in [0.4, 0.5) is 20.3 Å². The van der Waals surface area contributed by atoms with Gasteiger partial charge in [0.05, 0.1) is 0 Å².